The third-order valence-corrected chi connectivity index (χ3v) is 12.8. The van der Waals surface area contributed by atoms with E-state index in [0.717, 1.165) is 18.4 Å². The quantitative estimate of drug-likeness (QED) is 0.0973. The van der Waals surface area contributed by atoms with Crippen molar-refractivity contribution in [1.29, 1.82) is 0 Å². The summed E-state index contributed by atoms with van der Waals surface area (Å²) in [5, 5.41) is 24.9. The summed E-state index contributed by atoms with van der Waals surface area (Å²) in [6.45, 7) is -0.862. The fraction of sp³-hybridized carbons (Fsp3) is 0.395. The van der Waals surface area contributed by atoms with E-state index < -0.39 is 86.6 Å². The zero-order chi connectivity index (χ0) is 42.7. The average Bonchev–Trinajstić information content (AvgIpc) is 3.35. The summed E-state index contributed by atoms with van der Waals surface area (Å²) in [4.78, 5) is 23.5. The van der Waals surface area contributed by atoms with Crippen LogP contribution in [0.15, 0.2) is 42.5 Å². The normalized spacial score (nSPS) is 19.5. The van der Waals surface area contributed by atoms with E-state index >= 15 is 8.78 Å². The number of hydrogen-bond donors (Lipinski definition) is 4. The third-order valence-electron chi connectivity index (χ3n) is 11.3. The number of nitrogens with one attached hydrogen (secondary N) is 3. The highest BCUT2D eigenvalue weighted by Crippen LogP contribution is 2.64. The van der Waals surface area contributed by atoms with Crippen LogP contribution in [0.25, 0.3) is 32.4 Å². The topological polar surface area (TPSA) is 169 Å². The minimum absolute atomic E-state index is 0.00296. The molecule has 9 rings (SSSR count). The number of anilines is 2. The molecular formula is C38H34F7N9O4S2. The molecule has 2 aromatic carbocycles. The molecule has 0 bridgehead atoms. The van der Waals surface area contributed by atoms with Crippen LogP contribution in [0, 0.1) is 17.6 Å². The van der Waals surface area contributed by atoms with E-state index in [1.54, 1.807) is 31.3 Å². The Morgan fingerprint density at radius 3 is 2.43 bits per heavy atom. The van der Waals surface area contributed by atoms with Gasteiger partial charge >= 0.3 is 6.18 Å². The summed E-state index contributed by atoms with van der Waals surface area (Å²) in [6.07, 6.45) is -3.16. The molecule has 4 N–H and O–H groups in total. The van der Waals surface area contributed by atoms with E-state index in [-0.39, 0.29) is 48.5 Å². The standard InChI is InChI=1S/C38H34F7N9O4S2/c1-53-30-20(4-3-5-22(30)33(51-53)52-60(2,57)58)23-14-26-34(49-35(59-26)46-16-36(56)8-9-36)48-29(23)25(12-17-10-18(39)13-19(40)11-17)47-27(55)15-54-32-28(31(50-54)38(43,44)45)21-6-7-24(21)37(32,41)42/h3-5,10-11,13-14,21,24-25,56H,6-9,12,15-16H2,1-2H3,(H,47,55)(H,51,52)(H,46,48,49)/t21-,24+,25-/m0/s1. The number of fused-ring (bicyclic) bond motifs is 5. The maximum absolute atomic E-state index is 15.7. The van der Waals surface area contributed by atoms with Crippen molar-refractivity contribution in [2.24, 2.45) is 13.0 Å². The molecule has 0 saturated heterocycles. The third kappa shape index (κ3) is 7.20. The Hall–Kier alpha value is -5.35. The van der Waals surface area contributed by atoms with Crippen molar-refractivity contribution < 1.29 is 49.1 Å². The predicted molar refractivity (Wildman–Crippen MR) is 206 cm³/mol. The molecule has 0 aliphatic heterocycles. The molecule has 6 aromatic rings. The van der Waals surface area contributed by atoms with Gasteiger partial charge in [-0.15, -0.1) is 0 Å². The van der Waals surface area contributed by atoms with E-state index in [1.807, 2.05) is 0 Å². The minimum Gasteiger partial charge on any atom is -0.388 e. The monoisotopic (exact) mass is 877 g/mol. The number of aromatic nitrogens is 6. The fourth-order valence-corrected chi connectivity index (χ4v) is 9.66. The van der Waals surface area contributed by atoms with Gasteiger partial charge in [0, 0.05) is 47.7 Å². The van der Waals surface area contributed by atoms with Crippen LogP contribution in [-0.2, 0) is 46.9 Å². The van der Waals surface area contributed by atoms with Gasteiger partial charge in [-0.3, -0.25) is 18.9 Å². The van der Waals surface area contributed by atoms with Crippen LogP contribution in [0.1, 0.15) is 65.9 Å². The molecule has 0 unspecified atom stereocenters. The van der Waals surface area contributed by atoms with Crippen molar-refractivity contribution in [2.45, 2.75) is 68.3 Å². The first kappa shape index (κ1) is 40.1. The van der Waals surface area contributed by atoms with Gasteiger partial charge in [0.05, 0.1) is 33.8 Å². The molecule has 0 radical (unpaired) electrons. The Bertz CT molecular complexity index is 2830. The van der Waals surface area contributed by atoms with E-state index in [4.69, 9.17) is 4.98 Å². The number of rotatable bonds is 12. The van der Waals surface area contributed by atoms with Crippen LogP contribution >= 0.6 is 11.3 Å². The molecule has 13 nitrogen and oxygen atoms in total. The molecule has 3 aliphatic rings. The number of pyridine rings is 1. The summed E-state index contributed by atoms with van der Waals surface area (Å²) in [5.41, 5.74) is -2.60. The predicted octanol–water partition coefficient (Wildman–Crippen LogP) is 6.75. The molecule has 3 aliphatic carbocycles. The number of alkyl halides is 5. The van der Waals surface area contributed by atoms with Gasteiger partial charge in [-0.2, -0.15) is 32.1 Å². The van der Waals surface area contributed by atoms with Crippen LogP contribution in [0.3, 0.4) is 0 Å². The molecule has 4 heterocycles. The number of aliphatic hydroxyl groups is 1. The van der Waals surface area contributed by atoms with Gasteiger partial charge in [0.1, 0.15) is 23.9 Å². The number of para-hydroxylation sites is 1. The Kier molecular flexibility index (Phi) is 9.25. The molecule has 0 spiro atoms. The van der Waals surface area contributed by atoms with Gasteiger partial charge in [0.2, 0.25) is 15.9 Å². The van der Waals surface area contributed by atoms with Crippen molar-refractivity contribution in [3.05, 3.63) is 82.3 Å². The van der Waals surface area contributed by atoms with E-state index in [2.05, 4.69) is 30.5 Å². The Balaban J connectivity index is 1.18. The van der Waals surface area contributed by atoms with Gasteiger partial charge in [-0.1, -0.05) is 23.5 Å². The van der Waals surface area contributed by atoms with Crippen molar-refractivity contribution in [3.63, 3.8) is 0 Å². The number of carbonyl (C=O) groups excluding carboxylic acids is 1. The van der Waals surface area contributed by atoms with E-state index in [9.17, 15) is 40.3 Å². The highest BCUT2D eigenvalue weighted by atomic mass is 32.2. The number of aryl methyl sites for hydroxylation is 1. The van der Waals surface area contributed by atoms with Crippen molar-refractivity contribution in [2.75, 3.05) is 22.8 Å². The van der Waals surface area contributed by atoms with E-state index in [1.165, 1.54) is 16.0 Å². The summed E-state index contributed by atoms with van der Waals surface area (Å²) in [5.74, 6) is -9.06. The summed E-state index contributed by atoms with van der Waals surface area (Å²) < 4.78 is 133. The Labute approximate surface area is 340 Å². The highest BCUT2D eigenvalue weighted by molar-refractivity contribution is 7.92. The molecular weight excluding hydrogens is 844 g/mol. The summed E-state index contributed by atoms with van der Waals surface area (Å²) in [6, 6.07) is 7.94. The first-order valence-corrected chi connectivity index (χ1v) is 21.4. The van der Waals surface area contributed by atoms with Crippen LogP contribution in [0.5, 0.6) is 0 Å². The van der Waals surface area contributed by atoms with Crippen LogP contribution < -0.4 is 15.4 Å². The summed E-state index contributed by atoms with van der Waals surface area (Å²) >= 11 is 1.19. The van der Waals surface area contributed by atoms with Crippen LogP contribution in [0.4, 0.5) is 41.7 Å². The first-order chi connectivity index (χ1) is 28.2. The number of nitrogens with zero attached hydrogens (tertiary/aromatic N) is 6. The first-order valence-electron chi connectivity index (χ1n) is 18.7. The highest BCUT2D eigenvalue weighted by Gasteiger charge is 2.63. The lowest BCUT2D eigenvalue weighted by Crippen LogP contribution is -2.36. The number of benzene rings is 2. The summed E-state index contributed by atoms with van der Waals surface area (Å²) in [7, 11) is -2.22. The molecule has 316 valence electrons. The van der Waals surface area contributed by atoms with Gasteiger partial charge < -0.3 is 15.7 Å². The molecule has 3 atom stereocenters. The number of thiazole rings is 1. The number of amides is 1. The second-order valence-corrected chi connectivity index (χ2v) is 18.4. The van der Waals surface area contributed by atoms with Gasteiger partial charge in [-0.05, 0) is 67.9 Å². The molecule has 2 saturated carbocycles. The molecule has 60 heavy (non-hydrogen) atoms. The van der Waals surface area contributed by atoms with Crippen molar-refractivity contribution >= 4 is 59.5 Å². The SMILES string of the molecule is Cn1nc(NS(C)(=O)=O)c2cccc(-c3cc4sc(NCC5(O)CC5)nc4nc3[C@H](Cc3cc(F)cc(F)c3)NC(=O)Cn3nc(C(F)(F)F)c4c3C(F)(F)[C@@H]3CC[C@H]43)c21. The lowest BCUT2D eigenvalue weighted by Gasteiger charge is -2.34. The lowest BCUT2D eigenvalue weighted by atomic mass is 9.73. The smallest absolute Gasteiger partial charge is 0.388 e. The Morgan fingerprint density at radius 1 is 1.05 bits per heavy atom. The number of halogens is 7. The second kappa shape index (κ2) is 13.8. The maximum Gasteiger partial charge on any atom is 0.435 e. The van der Waals surface area contributed by atoms with Gasteiger partial charge in [0.25, 0.3) is 5.92 Å². The number of hydrogen-bond acceptors (Lipinski definition) is 10. The average molecular weight is 878 g/mol. The fourth-order valence-electron chi connectivity index (χ4n) is 8.32. The molecule has 2 fully saturated rings. The zero-order valence-electron chi connectivity index (χ0n) is 31.5. The Morgan fingerprint density at radius 2 is 1.78 bits per heavy atom. The lowest BCUT2D eigenvalue weighted by molar-refractivity contribution is -0.144. The maximum atomic E-state index is 15.7. The van der Waals surface area contributed by atoms with Crippen molar-refractivity contribution in [3.8, 4) is 11.1 Å². The van der Waals surface area contributed by atoms with E-state index in [0.29, 0.717) is 55.5 Å². The molecule has 1 amide bonds. The van der Waals surface area contributed by atoms with Gasteiger partial charge in [0.15, 0.2) is 22.3 Å². The van der Waals surface area contributed by atoms with Crippen LogP contribution in [-0.4, -0.2) is 67.4 Å². The molecule has 22 heteroatoms. The second-order valence-electron chi connectivity index (χ2n) is 15.7. The van der Waals surface area contributed by atoms with Crippen molar-refractivity contribution in [1.82, 2.24) is 34.8 Å². The molecule has 4 aromatic heterocycles. The van der Waals surface area contributed by atoms with Crippen LogP contribution in [0.2, 0.25) is 0 Å². The number of carbonyl (C=O) groups is 1. The number of sulfonamides is 1. The van der Waals surface area contributed by atoms with Gasteiger partial charge in [-0.25, -0.2) is 27.2 Å². The zero-order valence-corrected chi connectivity index (χ0v) is 33.2. The largest absolute Gasteiger partial charge is 0.435 e. The minimum atomic E-state index is -5.08.